The maximum atomic E-state index is 12.0. The van der Waals surface area contributed by atoms with Crippen LogP contribution in [0.2, 0.25) is 0 Å². The summed E-state index contributed by atoms with van der Waals surface area (Å²) in [5, 5.41) is 0. The van der Waals surface area contributed by atoms with Crippen LogP contribution in [0, 0.1) is 13.8 Å². The summed E-state index contributed by atoms with van der Waals surface area (Å²) in [6, 6.07) is 0.254. The van der Waals surface area contributed by atoms with Crippen molar-refractivity contribution >= 4 is 11.2 Å². The Kier molecular flexibility index (Phi) is 2.33. The van der Waals surface area contributed by atoms with Gasteiger partial charge in [0.05, 0.1) is 0 Å². The van der Waals surface area contributed by atoms with E-state index >= 15 is 0 Å². The van der Waals surface area contributed by atoms with Crippen LogP contribution in [-0.4, -0.2) is 19.1 Å². The summed E-state index contributed by atoms with van der Waals surface area (Å²) in [5.74, 6) is 1.54. The lowest BCUT2D eigenvalue weighted by molar-refractivity contribution is 0.593. The lowest BCUT2D eigenvalue weighted by atomic mass is 10.4. The van der Waals surface area contributed by atoms with Gasteiger partial charge in [-0.05, 0) is 27.7 Å². The highest BCUT2D eigenvalue weighted by atomic mass is 16.1. The van der Waals surface area contributed by atoms with Gasteiger partial charge in [0.15, 0.2) is 11.2 Å². The second-order valence-electron chi connectivity index (χ2n) is 4.32. The maximum absolute atomic E-state index is 12.0. The average molecular weight is 220 g/mol. The molecule has 0 atom stereocenters. The Labute approximate surface area is 93.8 Å². The topological polar surface area (TPSA) is 52.7 Å². The summed E-state index contributed by atoms with van der Waals surface area (Å²) in [6.07, 6.45) is 0. The van der Waals surface area contributed by atoms with Gasteiger partial charge in [-0.15, -0.1) is 0 Å². The van der Waals surface area contributed by atoms with Crippen LogP contribution in [0.3, 0.4) is 0 Å². The number of imidazole rings is 1. The van der Waals surface area contributed by atoms with Crippen molar-refractivity contribution in [1.82, 2.24) is 19.1 Å². The van der Waals surface area contributed by atoms with E-state index in [0.717, 1.165) is 5.82 Å². The van der Waals surface area contributed by atoms with Gasteiger partial charge in [0.25, 0.3) is 5.56 Å². The van der Waals surface area contributed by atoms with E-state index in [1.54, 1.807) is 7.05 Å². The second-order valence-corrected chi connectivity index (χ2v) is 4.32. The molecule has 86 valence electrons. The molecule has 0 aliphatic heterocycles. The molecule has 0 aromatic carbocycles. The van der Waals surface area contributed by atoms with Crippen molar-refractivity contribution in [2.24, 2.45) is 7.05 Å². The third-order valence-corrected chi connectivity index (χ3v) is 2.84. The Bertz CT molecular complexity index is 606. The lowest BCUT2D eigenvalue weighted by Crippen LogP contribution is -2.21. The molecule has 2 aromatic rings. The van der Waals surface area contributed by atoms with Crippen LogP contribution >= 0.6 is 0 Å². The summed E-state index contributed by atoms with van der Waals surface area (Å²) in [7, 11) is 1.72. The first-order chi connectivity index (χ1) is 7.43. The number of fused-ring (bicyclic) bond motifs is 1. The fraction of sp³-hybridized carbons (Fsp3) is 0.545. The largest absolute Gasteiger partial charge is 0.310 e. The smallest absolute Gasteiger partial charge is 0.281 e. The van der Waals surface area contributed by atoms with Crippen LogP contribution in [0.5, 0.6) is 0 Å². The molecular formula is C11H16N4O. The summed E-state index contributed by atoms with van der Waals surface area (Å²) in [4.78, 5) is 20.7. The summed E-state index contributed by atoms with van der Waals surface area (Å²) >= 11 is 0. The predicted molar refractivity (Wildman–Crippen MR) is 62.6 cm³/mol. The van der Waals surface area contributed by atoms with Crippen LogP contribution in [-0.2, 0) is 7.05 Å². The fourth-order valence-electron chi connectivity index (χ4n) is 1.94. The predicted octanol–water partition coefficient (Wildman–Crippen LogP) is 1.33. The van der Waals surface area contributed by atoms with E-state index in [-0.39, 0.29) is 11.6 Å². The molecule has 5 heteroatoms. The highest BCUT2D eigenvalue weighted by Gasteiger charge is 2.15. The van der Waals surface area contributed by atoms with Crippen LogP contribution in [0.1, 0.15) is 31.5 Å². The lowest BCUT2D eigenvalue weighted by Gasteiger charge is -2.10. The summed E-state index contributed by atoms with van der Waals surface area (Å²) in [6.45, 7) is 7.84. The molecule has 2 rings (SSSR count). The molecule has 16 heavy (non-hydrogen) atoms. The molecule has 2 aromatic heterocycles. The minimum absolute atomic E-state index is 0.0787. The molecule has 0 aliphatic rings. The molecule has 0 aliphatic carbocycles. The summed E-state index contributed by atoms with van der Waals surface area (Å²) in [5.41, 5.74) is 1.07. The first-order valence-electron chi connectivity index (χ1n) is 5.35. The first kappa shape index (κ1) is 10.9. The zero-order chi connectivity index (χ0) is 12.0. The van der Waals surface area contributed by atoms with Gasteiger partial charge in [0.1, 0.15) is 11.6 Å². The van der Waals surface area contributed by atoms with Crippen LogP contribution in [0.4, 0.5) is 0 Å². The quantitative estimate of drug-likeness (QED) is 0.728. The molecule has 2 heterocycles. The molecule has 0 bridgehead atoms. The fourth-order valence-corrected chi connectivity index (χ4v) is 1.94. The van der Waals surface area contributed by atoms with Gasteiger partial charge in [0.2, 0.25) is 0 Å². The van der Waals surface area contributed by atoms with Crippen molar-refractivity contribution in [3.8, 4) is 0 Å². The molecule has 0 saturated heterocycles. The minimum atomic E-state index is -0.0787. The molecular weight excluding hydrogens is 204 g/mol. The first-order valence-corrected chi connectivity index (χ1v) is 5.35. The maximum Gasteiger partial charge on any atom is 0.281 e. The van der Waals surface area contributed by atoms with Gasteiger partial charge in [-0.25, -0.2) is 9.97 Å². The zero-order valence-corrected chi connectivity index (χ0v) is 10.3. The molecule has 0 spiro atoms. The number of rotatable bonds is 1. The van der Waals surface area contributed by atoms with Crippen molar-refractivity contribution in [3.63, 3.8) is 0 Å². The Balaban J connectivity index is 2.97. The van der Waals surface area contributed by atoms with Crippen molar-refractivity contribution < 1.29 is 0 Å². The van der Waals surface area contributed by atoms with Crippen molar-refractivity contribution in [2.45, 2.75) is 33.7 Å². The average Bonchev–Trinajstić information content (AvgIpc) is 2.51. The summed E-state index contributed by atoms with van der Waals surface area (Å²) < 4.78 is 3.52. The van der Waals surface area contributed by atoms with E-state index in [0.29, 0.717) is 17.0 Å². The third kappa shape index (κ3) is 1.35. The second kappa shape index (κ2) is 3.43. The molecule has 0 unspecified atom stereocenters. The Morgan fingerprint density at radius 1 is 1.12 bits per heavy atom. The molecule has 0 N–H and O–H groups in total. The van der Waals surface area contributed by atoms with E-state index in [2.05, 4.69) is 23.8 Å². The third-order valence-electron chi connectivity index (χ3n) is 2.84. The number of hydrogen-bond acceptors (Lipinski definition) is 3. The van der Waals surface area contributed by atoms with Gasteiger partial charge in [-0.3, -0.25) is 9.36 Å². The Hall–Kier alpha value is -1.65. The molecule has 0 fully saturated rings. The van der Waals surface area contributed by atoms with Gasteiger partial charge in [-0.2, -0.15) is 0 Å². The number of hydrogen-bond donors (Lipinski definition) is 0. The van der Waals surface area contributed by atoms with E-state index in [4.69, 9.17) is 0 Å². The van der Waals surface area contributed by atoms with Crippen LogP contribution in [0.15, 0.2) is 4.79 Å². The van der Waals surface area contributed by atoms with Crippen molar-refractivity contribution in [2.75, 3.05) is 0 Å². The highest BCUT2D eigenvalue weighted by molar-refractivity contribution is 5.70. The van der Waals surface area contributed by atoms with Gasteiger partial charge in [0, 0.05) is 13.1 Å². The minimum Gasteiger partial charge on any atom is -0.310 e. The molecule has 5 nitrogen and oxygen atoms in total. The number of aryl methyl sites for hydroxylation is 2. The van der Waals surface area contributed by atoms with E-state index in [9.17, 15) is 4.79 Å². The molecule has 0 saturated carbocycles. The zero-order valence-electron chi connectivity index (χ0n) is 10.3. The number of nitrogens with zero attached hydrogens (tertiary/aromatic N) is 4. The monoisotopic (exact) mass is 220 g/mol. The van der Waals surface area contributed by atoms with E-state index in [1.807, 2.05) is 18.4 Å². The van der Waals surface area contributed by atoms with Gasteiger partial charge in [-0.1, -0.05) is 0 Å². The van der Waals surface area contributed by atoms with E-state index in [1.165, 1.54) is 4.57 Å². The van der Waals surface area contributed by atoms with Crippen molar-refractivity contribution in [1.29, 1.82) is 0 Å². The van der Waals surface area contributed by atoms with Gasteiger partial charge < -0.3 is 4.57 Å². The number of aromatic nitrogens is 4. The molecule has 0 amide bonds. The Morgan fingerprint density at radius 3 is 2.31 bits per heavy atom. The SMILES string of the molecule is Cc1nc2c(nc(C)n2C(C)C)c(=O)n1C. The van der Waals surface area contributed by atoms with Crippen molar-refractivity contribution in [3.05, 3.63) is 22.0 Å². The highest BCUT2D eigenvalue weighted by Crippen LogP contribution is 2.16. The molecule has 0 radical (unpaired) electrons. The normalized spacial score (nSPS) is 11.6. The Morgan fingerprint density at radius 2 is 1.75 bits per heavy atom. The van der Waals surface area contributed by atoms with Crippen LogP contribution < -0.4 is 5.56 Å². The standard InChI is InChI=1S/C11H16N4O/c1-6(2)15-8(4)12-9-10(15)13-7(3)14(5)11(9)16/h6H,1-5H3. The van der Waals surface area contributed by atoms with Crippen LogP contribution in [0.25, 0.3) is 11.2 Å². The van der Waals surface area contributed by atoms with E-state index < -0.39 is 0 Å². The van der Waals surface area contributed by atoms with Gasteiger partial charge >= 0.3 is 0 Å².